The number of ether oxygens (including phenoxy) is 3. The van der Waals surface area contributed by atoms with Gasteiger partial charge in [0.05, 0.1) is 19.8 Å². The van der Waals surface area contributed by atoms with Crippen molar-refractivity contribution in [3.63, 3.8) is 0 Å². The molecule has 0 aliphatic carbocycles. The summed E-state index contributed by atoms with van der Waals surface area (Å²) < 4.78 is 15.8. The molecule has 110 valence electrons. The van der Waals surface area contributed by atoms with Crippen molar-refractivity contribution in [2.24, 2.45) is 0 Å². The third-order valence-electron chi connectivity index (χ3n) is 3.18. The summed E-state index contributed by atoms with van der Waals surface area (Å²) >= 11 is 5.87. The molecule has 1 aromatic rings. The normalized spacial score (nSPS) is 20.5. The van der Waals surface area contributed by atoms with Gasteiger partial charge in [0.2, 0.25) is 0 Å². The van der Waals surface area contributed by atoms with E-state index in [4.69, 9.17) is 25.8 Å². The van der Waals surface area contributed by atoms with Gasteiger partial charge in [0.1, 0.15) is 5.75 Å². The fourth-order valence-electron chi connectivity index (χ4n) is 1.97. The molecule has 0 amide bonds. The SMILES string of the molecule is CCOC(=O)C1(CCCCOc2cccc(Cl)c2)CO1. The summed E-state index contributed by atoms with van der Waals surface area (Å²) in [7, 11) is 0. The van der Waals surface area contributed by atoms with Crippen LogP contribution in [0.2, 0.25) is 5.02 Å². The van der Waals surface area contributed by atoms with Crippen LogP contribution in [0.15, 0.2) is 24.3 Å². The number of esters is 1. The quantitative estimate of drug-likeness (QED) is 0.420. The standard InChI is InChI=1S/C15H19ClO4/c1-2-18-14(17)15(11-20-15)8-3-4-9-19-13-7-5-6-12(16)10-13/h5-7,10H,2-4,8-9,11H2,1H3. The maximum Gasteiger partial charge on any atom is 0.340 e. The minimum atomic E-state index is -0.675. The van der Waals surface area contributed by atoms with Crippen LogP contribution < -0.4 is 4.74 Å². The Morgan fingerprint density at radius 1 is 1.45 bits per heavy atom. The van der Waals surface area contributed by atoms with Gasteiger partial charge < -0.3 is 14.2 Å². The van der Waals surface area contributed by atoms with Gasteiger partial charge in [-0.3, -0.25) is 0 Å². The van der Waals surface area contributed by atoms with Gasteiger partial charge >= 0.3 is 5.97 Å². The molecular formula is C15H19ClO4. The molecule has 1 fully saturated rings. The summed E-state index contributed by atoms with van der Waals surface area (Å²) in [5.41, 5.74) is -0.675. The first kappa shape index (κ1) is 15.1. The first-order valence-electron chi connectivity index (χ1n) is 6.86. The molecule has 1 aromatic carbocycles. The molecule has 1 unspecified atom stereocenters. The van der Waals surface area contributed by atoms with Crippen LogP contribution in [0.3, 0.4) is 0 Å². The summed E-state index contributed by atoms with van der Waals surface area (Å²) in [6.45, 7) is 3.26. The molecular weight excluding hydrogens is 280 g/mol. The van der Waals surface area contributed by atoms with Gasteiger partial charge in [-0.25, -0.2) is 4.79 Å². The third-order valence-corrected chi connectivity index (χ3v) is 3.42. The topological polar surface area (TPSA) is 48.1 Å². The van der Waals surface area contributed by atoms with Crippen LogP contribution in [-0.2, 0) is 14.3 Å². The van der Waals surface area contributed by atoms with Gasteiger partial charge in [0.25, 0.3) is 0 Å². The monoisotopic (exact) mass is 298 g/mol. The van der Waals surface area contributed by atoms with Crippen molar-refractivity contribution in [3.05, 3.63) is 29.3 Å². The van der Waals surface area contributed by atoms with Crippen molar-refractivity contribution in [2.45, 2.75) is 31.8 Å². The van der Waals surface area contributed by atoms with E-state index in [1.807, 2.05) is 18.2 Å². The summed E-state index contributed by atoms with van der Waals surface area (Å²) in [6, 6.07) is 7.31. The number of halogens is 1. The Morgan fingerprint density at radius 3 is 2.90 bits per heavy atom. The van der Waals surface area contributed by atoms with Crippen LogP contribution >= 0.6 is 11.6 Å². The minimum Gasteiger partial charge on any atom is -0.494 e. The van der Waals surface area contributed by atoms with Crippen molar-refractivity contribution < 1.29 is 19.0 Å². The maximum absolute atomic E-state index is 11.7. The molecule has 20 heavy (non-hydrogen) atoms. The lowest BCUT2D eigenvalue weighted by Crippen LogP contribution is -2.27. The van der Waals surface area contributed by atoms with Crippen LogP contribution in [0.1, 0.15) is 26.2 Å². The van der Waals surface area contributed by atoms with E-state index in [2.05, 4.69) is 0 Å². The third kappa shape index (κ3) is 4.12. The number of epoxide rings is 1. The molecule has 1 aliphatic rings. The first-order valence-corrected chi connectivity index (χ1v) is 7.24. The number of unbranched alkanes of at least 4 members (excludes halogenated alkanes) is 1. The Bertz CT molecular complexity index is 457. The number of carbonyl (C=O) groups excluding carboxylic acids is 1. The zero-order valence-electron chi connectivity index (χ0n) is 11.6. The van der Waals surface area contributed by atoms with Gasteiger partial charge in [-0.2, -0.15) is 0 Å². The van der Waals surface area contributed by atoms with E-state index in [0.29, 0.717) is 31.3 Å². The number of benzene rings is 1. The number of rotatable bonds is 8. The summed E-state index contributed by atoms with van der Waals surface area (Å²) in [5, 5.41) is 0.662. The van der Waals surface area contributed by atoms with E-state index < -0.39 is 5.60 Å². The van der Waals surface area contributed by atoms with Crippen LogP contribution in [0.25, 0.3) is 0 Å². The van der Waals surface area contributed by atoms with Crippen molar-refractivity contribution in [2.75, 3.05) is 19.8 Å². The van der Waals surface area contributed by atoms with Crippen molar-refractivity contribution >= 4 is 17.6 Å². The fraction of sp³-hybridized carbons (Fsp3) is 0.533. The fourth-order valence-corrected chi connectivity index (χ4v) is 2.15. The van der Waals surface area contributed by atoms with Crippen LogP contribution in [0.4, 0.5) is 0 Å². The van der Waals surface area contributed by atoms with E-state index in [-0.39, 0.29) is 5.97 Å². The number of hydrogen-bond acceptors (Lipinski definition) is 4. The Morgan fingerprint density at radius 2 is 2.25 bits per heavy atom. The minimum absolute atomic E-state index is 0.240. The molecule has 0 spiro atoms. The molecule has 4 nitrogen and oxygen atoms in total. The Hall–Kier alpha value is -1.26. The second-order valence-electron chi connectivity index (χ2n) is 4.77. The Labute approximate surface area is 124 Å². The zero-order valence-corrected chi connectivity index (χ0v) is 12.3. The van der Waals surface area contributed by atoms with E-state index >= 15 is 0 Å². The lowest BCUT2D eigenvalue weighted by atomic mass is 10.0. The van der Waals surface area contributed by atoms with Gasteiger partial charge in [-0.1, -0.05) is 17.7 Å². The molecule has 0 N–H and O–H groups in total. The number of hydrogen-bond donors (Lipinski definition) is 0. The highest BCUT2D eigenvalue weighted by molar-refractivity contribution is 6.30. The van der Waals surface area contributed by atoms with Gasteiger partial charge in [0.15, 0.2) is 5.60 Å². The molecule has 2 rings (SSSR count). The van der Waals surface area contributed by atoms with E-state index in [0.717, 1.165) is 18.6 Å². The van der Waals surface area contributed by atoms with Gasteiger partial charge in [-0.15, -0.1) is 0 Å². The summed E-state index contributed by atoms with van der Waals surface area (Å²) in [6.07, 6.45) is 2.40. The van der Waals surface area contributed by atoms with Crippen molar-refractivity contribution in [1.29, 1.82) is 0 Å². The molecule has 0 bridgehead atoms. The molecule has 5 heteroatoms. The average molecular weight is 299 g/mol. The van der Waals surface area contributed by atoms with E-state index in [1.165, 1.54) is 0 Å². The maximum atomic E-state index is 11.7. The molecule has 0 radical (unpaired) electrons. The van der Waals surface area contributed by atoms with Crippen molar-refractivity contribution in [1.82, 2.24) is 0 Å². The highest BCUT2D eigenvalue weighted by atomic mass is 35.5. The highest BCUT2D eigenvalue weighted by Gasteiger charge is 2.52. The van der Waals surface area contributed by atoms with Crippen LogP contribution in [0, 0.1) is 0 Å². The lowest BCUT2D eigenvalue weighted by Gasteiger charge is -2.11. The molecule has 1 saturated heterocycles. The second kappa shape index (κ2) is 6.95. The largest absolute Gasteiger partial charge is 0.494 e. The van der Waals surface area contributed by atoms with Crippen LogP contribution in [0.5, 0.6) is 5.75 Å². The molecule has 1 aliphatic heterocycles. The lowest BCUT2D eigenvalue weighted by molar-refractivity contribution is -0.149. The van der Waals surface area contributed by atoms with E-state index in [9.17, 15) is 4.79 Å². The van der Waals surface area contributed by atoms with Gasteiger partial charge in [0, 0.05) is 5.02 Å². The van der Waals surface area contributed by atoms with Gasteiger partial charge in [-0.05, 0) is 44.4 Å². The predicted molar refractivity (Wildman–Crippen MR) is 76.1 cm³/mol. The Balaban J connectivity index is 1.64. The van der Waals surface area contributed by atoms with E-state index in [1.54, 1.807) is 13.0 Å². The second-order valence-corrected chi connectivity index (χ2v) is 5.20. The highest BCUT2D eigenvalue weighted by Crippen LogP contribution is 2.34. The molecule has 1 heterocycles. The summed E-state index contributed by atoms with van der Waals surface area (Å²) in [5.74, 6) is 0.524. The van der Waals surface area contributed by atoms with Crippen molar-refractivity contribution in [3.8, 4) is 5.75 Å². The molecule has 0 saturated carbocycles. The number of carbonyl (C=O) groups is 1. The zero-order chi connectivity index (χ0) is 14.4. The first-order chi connectivity index (χ1) is 9.66. The average Bonchev–Trinajstić information content (AvgIpc) is 3.20. The molecule has 1 atom stereocenters. The van der Waals surface area contributed by atoms with Crippen LogP contribution in [-0.4, -0.2) is 31.4 Å². The Kier molecular flexibility index (Phi) is 5.26. The summed E-state index contributed by atoms with van der Waals surface area (Å²) in [4.78, 5) is 11.7. The predicted octanol–water partition coefficient (Wildman–Crippen LogP) is 3.22. The molecule has 0 aromatic heterocycles. The smallest absolute Gasteiger partial charge is 0.340 e.